The lowest BCUT2D eigenvalue weighted by molar-refractivity contribution is -0.131. The van der Waals surface area contributed by atoms with Crippen molar-refractivity contribution in [1.82, 2.24) is 4.57 Å². The number of benzene rings is 1. The summed E-state index contributed by atoms with van der Waals surface area (Å²) in [5, 5.41) is 11.6. The van der Waals surface area contributed by atoms with Gasteiger partial charge < -0.3 is 14.6 Å². The Morgan fingerprint density at radius 2 is 1.81 bits per heavy atom. The third-order valence-electron chi connectivity index (χ3n) is 5.64. The van der Waals surface area contributed by atoms with E-state index in [4.69, 9.17) is 10.00 Å². The smallest absolute Gasteiger partial charge is 0.308 e. The maximum Gasteiger partial charge on any atom is 0.308 e. The van der Waals surface area contributed by atoms with E-state index in [0.717, 1.165) is 62.6 Å². The number of nitrogens with zero attached hydrogens (tertiary/aromatic N) is 2. The lowest BCUT2D eigenvalue weighted by Gasteiger charge is -2.21. The van der Waals surface area contributed by atoms with E-state index in [1.54, 1.807) is 34.9 Å². The average molecular weight is 436 g/mol. The van der Waals surface area contributed by atoms with Crippen LogP contribution in [0.5, 0.6) is 5.75 Å². The van der Waals surface area contributed by atoms with Crippen LogP contribution >= 0.6 is 0 Å². The molecule has 32 heavy (non-hydrogen) atoms. The molecule has 7 nitrogen and oxygen atoms in total. The summed E-state index contributed by atoms with van der Waals surface area (Å²) in [5.74, 6) is -0.486. The van der Waals surface area contributed by atoms with Gasteiger partial charge in [-0.15, -0.1) is 0 Å². The molecule has 1 aliphatic carbocycles. The number of pyridine rings is 1. The fourth-order valence-electron chi connectivity index (χ4n) is 4.08. The van der Waals surface area contributed by atoms with Crippen molar-refractivity contribution in [1.29, 1.82) is 5.26 Å². The van der Waals surface area contributed by atoms with Gasteiger partial charge in [0.1, 0.15) is 11.3 Å². The van der Waals surface area contributed by atoms with Crippen LogP contribution in [0.3, 0.4) is 0 Å². The molecule has 0 aliphatic heterocycles. The summed E-state index contributed by atoms with van der Waals surface area (Å²) < 4.78 is 6.77. The number of amides is 1. The van der Waals surface area contributed by atoms with Crippen LogP contribution in [-0.2, 0) is 24.2 Å². The number of ether oxygens (including phenoxy) is 1. The predicted octanol–water partition coefficient (Wildman–Crippen LogP) is 4.38. The van der Waals surface area contributed by atoms with E-state index in [2.05, 4.69) is 11.4 Å². The van der Waals surface area contributed by atoms with Crippen LogP contribution < -0.4 is 15.6 Å². The molecule has 1 aromatic carbocycles. The zero-order valence-corrected chi connectivity index (χ0v) is 18.5. The van der Waals surface area contributed by atoms with Gasteiger partial charge in [-0.3, -0.25) is 14.4 Å². The molecule has 1 aliphatic rings. The Morgan fingerprint density at radius 1 is 1.09 bits per heavy atom. The number of carbonyl (C=O) groups excluding carboxylic acids is 2. The lowest BCUT2D eigenvalue weighted by Crippen LogP contribution is -2.33. The minimum absolute atomic E-state index is 0.133. The zero-order valence-electron chi connectivity index (χ0n) is 18.5. The molecule has 168 valence electrons. The molecule has 1 aromatic heterocycles. The molecule has 1 N–H and O–H groups in total. The molecular formula is C25H29N3O4. The molecule has 2 aromatic rings. The fourth-order valence-corrected chi connectivity index (χ4v) is 4.08. The third-order valence-corrected chi connectivity index (χ3v) is 5.64. The molecular weight excluding hydrogens is 406 g/mol. The van der Waals surface area contributed by atoms with Gasteiger partial charge in [-0.2, -0.15) is 5.26 Å². The molecule has 0 radical (unpaired) electrons. The number of rotatable bonds is 7. The van der Waals surface area contributed by atoms with E-state index >= 15 is 0 Å². The van der Waals surface area contributed by atoms with E-state index in [9.17, 15) is 14.4 Å². The molecule has 0 unspecified atom stereocenters. The highest BCUT2D eigenvalue weighted by atomic mass is 16.5. The number of fused-ring (bicyclic) bond motifs is 1. The summed E-state index contributed by atoms with van der Waals surface area (Å²) in [4.78, 5) is 37.4. The topological polar surface area (TPSA) is 101 Å². The van der Waals surface area contributed by atoms with Crippen LogP contribution in [-0.4, -0.2) is 16.4 Å². The van der Waals surface area contributed by atoms with Crippen molar-refractivity contribution in [3.05, 3.63) is 57.5 Å². The number of aromatic nitrogens is 1. The number of nitriles is 1. The molecule has 1 amide bonds. The highest BCUT2D eigenvalue weighted by molar-refractivity contribution is 6.04. The van der Waals surface area contributed by atoms with Crippen molar-refractivity contribution in [3.63, 3.8) is 0 Å². The Bertz CT molecular complexity index is 1060. The highest BCUT2D eigenvalue weighted by Gasteiger charge is 2.20. The third kappa shape index (κ3) is 6.07. The molecule has 7 heteroatoms. The van der Waals surface area contributed by atoms with E-state index in [1.165, 1.54) is 6.92 Å². The van der Waals surface area contributed by atoms with Gasteiger partial charge in [0, 0.05) is 31.3 Å². The van der Waals surface area contributed by atoms with Crippen LogP contribution in [0.2, 0.25) is 0 Å². The van der Waals surface area contributed by atoms with Gasteiger partial charge in [-0.1, -0.05) is 12.8 Å². The zero-order chi connectivity index (χ0) is 22.9. The van der Waals surface area contributed by atoms with Crippen LogP contribution in [0.15, 0.2) is 35.1 Å². The number of unbranched alkanes of at least 4 members (excludes halogenated alkanes) is 2. The first-order valence-electron chi connectivity index (χ1n) is 11.2. The standard InChI is InChI=1S/C25H29N3O4/c1-18(29)32-21-13-11-20(12-14-21)27-24(30)22-17-19-9-5-2-3-6-10-23(19)28(25(22)31)16-8-4-7-15-26/h11-14,17H,2-10,16H2,1H3,(H,27,30). The average Bonchev–Trinajstić information content (AvgIpc) is 2.74. The summed E-state index contributed by atoms with van der Waals surface area (Å²) in [6.07, 6.45) is 7.97. The minimum atomic E-state index is -0.453. The Kier molecular flexibility index (Phi) is 8.20. The molecule has 0 spiro atoms. The van der Waals surface area contributed by atoms with Crippen LogP contribution in [0.25, 0.3) is 0 Å². The Labute approximate surface area is 188 Å². The predicted molar refractivity (Wildman–Crippen MR) is 122 cm³/mol. The lowest BCUT2D eigenvalue weighted by atomic mass is 9.95. The van der Waals surface area contributed by atoms with Crippen LogP contribution in [0, 0.1) is 11.3 Å². The van der Waals surface area contributed by atoms with Crippen molar-refractivity contribution >= 4 is 17.6 Å². The molecule has 0 saturated heterocycles. The van der Waals surface area contributed by atoms with E-state index in [-0.39, 0.29) is 11.1 Å². The summed E-state index contributed by atoms with van der Waals surface area (Å²) in [6.45, 7) is 1.84. The van der Waals surface area contributed by atoms with Gasteiger partial charge in [0.05, 0.1) is 6.07 Å². The van der Waals surface area contributed by atoms with Crippen molar-refractivity contribution in [2.24, 2.45) is 0 Å². The second-order valence-corrected chi connectivity index (χ2v) is 8.09. The summed E-state index contributed by atoms with van der Waals surface area (Å²) in [5.41, 5.74) is 2.47. The second-order valence-electron chi connectivity index (χ2n) is 8.09. The quantitative estimate of drug-likeness (QED) is 0.395. The van der Waals surface area contributed by atoms with E-state index in [0.29, 0.717) is 24.4 Å². The summed E-state index contributed by atoms with van der Waals surface area (Å²) >= 11 is 0. The number of aryl methyl sites for hydroxylation is 1. The van der Waals surface area contributed by atoms with Gasteiger partial charge >= 0.3 is 5.97 Å². The first kappa shape index (κ1) is 23.3. The maximum atomic E-state index is 13.3. The molecule has 0 fully saturated rings. The Hall–Kier alpha value is -3.40. The van der Waals surface area contributed by atoms with Gasteiger partial charge in [-0.25, -0.2) is 0 Å². The Morgan fingerprint density at radius 3 is 2.50 bits per heavy atom. The maximum absolute atomic E-state index is 13.3. The first-order valence-corrected chi connectivity index (χ1v) is 11.2. The van der Waals surface area contributed by atoms with Gasteiger partial charge in [0.2, 0.25) is 0 Å². The van der Waals surface area contributed by atoms with Crippen molar-refractivity contribution in [3.8, 4) is 11.8 Å². The SMILES string of the molecule is CC(=O)Oc1ccc(NC(=O)c2cc3c(n(CCCCC#N)c2=O)CCCCCC3)cc1. The highest BCUT2D eigenvalue weighted by Crippen LogP contribution is 2.22. The van der Waals surface area contributed by atoms with E-state index in [1.807, 2.05) is 0 Å². The van der Waals surface area contributed by atoms with Gasteiger partial charge in [0.15, 0.2) is 0 Å². The minimum Gasteiger partial charge on any atom is -0.427 e. The molecule has 0 saturated carbocycles. The second kappa shape index (κ2) is 11.3. The van der Waals surface area contributed by atoms with Gasteiger partial charge in [0.25, 0.3) is 11.5 Å². The number of nitrogens with one attached hydrogen (secondary N) is 1. The monoisotopic (exact) mass is 435 g/mol. The number of anilines is 1. The van der Waals surface area contributed by atoms with E-state index < -0.39 is 11.9 Å². The van der Waals surface area contributed by atoms with Crippen LogP contribution in [0.4, 0.5) is 5.69 Å². The molecule has 1 heterocycles. The van der Waals surface area contributed by atoms with Gasteiger partial charge in [-0.05, 0) is 74.4 Å². The molecule has 3 rings (SSSR count). The van der Waals surface area contributed by atoms with Crippen molar-refractivity contribution in [2.75, 3.05) is 5.32 Å². The Balaban J connectivity index is 1.88. The molecule has 0 bridgehead atoms. The normalized spacial score (nSPS) is 13.2. The number of esters is 1. The largest absolute Gasteiger partial charge is 0.427 e. The van der Waals surface area contributed by atoms with Crippen molar-refractivity contribution in [2.45, 2.75) is 71.3 Å². The first-order chi connectivity index (χ1) is 15.5. The van der Waals surface area contributed by atoms with Crippen LogP contribution in [0.1, 0.15) is 73.5 Å². The van der Waals surface area contributed by atoms with Crippen molar-refractivity contribution < 1.29 is 14.3 Å². The fraction of sp³-hybridized carbons (Fsp3) is 0.440. The number of hydrogen-bond acceptors (Lipinski definition) is 5. The molecule has 0 atom stereocenters. The number of carbonyl (C=O) groups is 2. The number of hydrogen-bond donors (Lipinski definition) is 1. The summed E-state index contributed by atoms with van der Waals surface area (Å²) in [7, 11) is 0. The summed E-state index contributed by atoms with van der Waals surface area (Å²) in [6, 6.07) is 10.3.